The predicted octanol–water partition coefficient (Wildman–Crippen LogP) is 4.09. The van der Waals surface area contributed by atoms with Crippen LogP contribution in [-0.4, -0.2) is 58.2 Å². The number of carboxylic acids is 2. The zero-order valence-electron chi connectivity index (χ0n) is 17.4. The SMILES string of the molecule is CCN(CC)CCCCCCCNc1nccc2ccccc12.O=C(O)C(=O)O. The molecular weight excluding hydrogens is 370 g/mol. The Kier molecular flexibility index (Phi) is 12.1. The van der Waals surface area contributed by atoms with Gasteiger partial charge in [0.1, 0.15) is 5.82 Å². The average molecular weight is 404 g/mol. The van der Waals surface area contributed by atoms with Crippen molar-refractivity contribution in [2.75, 3.05) is 31.5 Å². The molecule has 0 saturated carbocycles. The first kappa shape index (κ1) is 24.4. The van der Waals surface area contributed by atoms with Crippen molar-refractivity contribution in [3.05, 3.63) is 36.5 Å². The van der Waals surface area contributed by atoms with E-state index in [0.29, 0.717) is 0 Å². The lowest BCUT2D eigenvalue weighted by atomic mass is 10.1. The lowest BCUT2D eigenvalue weighted by Crippen LogP contribution is -2.23. The maximum absolute atomic E-state index is 9.10. The minimum Gasteiger partial charge on any atom is -0.473 e. The fourth-order valence-corrected chi connectivity index (χ4v) is 3.00. The summed E-state index contributed by atoms with van der Waals surface area (Å²) >= 11 is 0. The lowest BCUT2D eigenvalue weighted by Gasteiger charge is -2.17. The first-order valence-corrected chi connectivity index (χ1v) is 10.3. The zero-order valence-corrected chi connectivity index (χ0v) is 17.4. The molecule has 0 radical (unpaired) electrons. The highest BCUT2D eigenvalue weighted by Crippen LogP contribution is 2.20. The second-order valence-electron chi connectivity index (χ2n) is 6.71. The number of nitrogens with zero attached hydrogens (tertiary/aromatic N) is 2. The summed E-state index contributed by atoms with van der Waals surface area (Å²) in [5, 5.41) is 20.7. The second-order valence-corrected chi connectivity index (χ2v) is 6.71. The third-order valence-corrected chi connectivity index (χ3v) is 4.69. The molecule has 2 aromatic rings. The Hall–Kier alpha value is -2.67. The molecular formula is C22H33N3O4. The Balaban J connectivity index is 0.000000612. The van der Waals surface area contributed by atoms with Crippen LogP contribution in [0.4, 0.5) is 5.82 Å². The highest BCUT2D eigenvalue weighted by molar-refractivity contribution is 6.27. The van der Waals surface area contributed by atoms with Crippen molar-refractivity contribution in [3.63, 3.8) is 0 Å². The fourth-order valence-electron chi connectivity index (χ4n) is 3.00. The summed E-state index contributed by atoms with van der Waals surface area (Å²) in [6, 6.07) is 10.5. The molecule has 0 saturated heterocycles. The van der Waals surface area contributed by atoms with Gasteiger partial charge in [0.15, 0.2) is 0 Å². The largest absolute Gasteiger partial charge is 0.473 e. The van der Waals surface area contributed by atoms with Gasteiger partial charge in [-0.2, -0.15) is 0 Å². The molecule has 0 atom stereocenters. The van der Waals surface area contributed by atoms with Crippen LogP contribution in [0.25, 0.3) is 10.8 Å². The molecule has 29 heavy (non-hydrogen) atoms. The molecule has 0 fully saturated rings. The number of benzene rings is 1. The smallest absolute Gasteiger partial charge is 0.414 e. The first-order valence-electron chi connectivity index (χ1n) is 10.3. The summed E-state index contributed by atoms with van der Waals surface area (Å²) in [5.41, 5.74) is 0. The van der Waals surface area contributed by atoms with Gasteiger partial charge in [-0.3, -0.25) is 0 Å². The first-order chi connectivity index (χ1) is 14.0. The van der Waals surface area contributed by atoms with Crippen molar-refractivity contribution >= 4 is 28.5 Å². The zero-order chi connectivity index (χ0) is 21.5. The van der Waals surface area contributed by atoms with E-state index in [1.54, 1.807) is 0 Å². The highest BCUT2D eigenvalue weighted by atomic mass is 16.4. The summed E-state index contributed by atoms with van der Waals surface area (Å²) in [4.78, 5) is 25.2. The van der Waals surface area contributed by atoms with E-state index in [0.717, 1.165) is 12.4 Å². The molecule has 1 aromatic heterocycles. The van der Waals surface area contributed by atoms with Crippen LogP contribution in [0.1, 0.15) is 46.0 Å². The average Bonchev–Trinajstić information content (AvgIpc) is 2.73. The monoisotopic (exact) mass is 403 g/mol. The highest BCUT2D eigenvalue weighted by Gasteiger charge is 2.04. The van der Waals surface area contributed by atoms with Crippen molar-refractivity contribution in [1.82, 2.24) is 9.88 Å². The number of fused-ring (bicyclic) bond motifs is 1. The summed E-state index contributed by atoms with van der Waals surface area (Å²) < 4.78 is 0. The number of hydrogen-bond donors (Lipinski definition) is 3. The van der Waals surface area contributed by atoms with Crippen LogP contribution in [0, 0.1) is 0 Å². The summed E-state index contributed by atoms with van der Waals surface area (Å²) in [6.07, 6.45) is 8.43. The number of aromatic nitrogens is 1. The minimum absolute atomic E-state index is 1.01. The maximum Gasteiger partial charge on any atom is 0.414 e. The number of hydrogen-bond acceptors (Lipinski definition) is 5. The lowest BCUT2D eigenvalue weighted by molar-refractivity contribution is -0.159. The molecule has 1 aromatic carbocycles. The molecule has 3 N–H and O–H groups in total. The molecule has 0 aliphatic heterocycles. The maximum atomic E-state index is 9.10. The van der Waals surface area contributed by atoms with E-state index in [4.69, 9.17) is 19.8 Å². The fraction of sp³-hybridized carbons (Fsp3) is 0.500. The van der Waals surface area contributed by atoms with Crippen molar-refractivity contribution in [2.45, 2.75) is 46.0 Å². The van der Waals surface area contributed by atoms with Gasteiger partial charge in [-0.05, 0) is 43.9 Å². The second kappa shape index (κ2) is 14.3. The van der Waals surface area contributed by atoms with Gasteiger partial charge in [-0.25, -0.2) is 14.6 Å². The Labute approximate surface area is 172 Å². The van der Waals surface area contributed by atoms with Crippen LogP contribution < -0.4 is 5.32 Å². The molecule has 0 spiro atoms. The number of rotatable bonds is 11. The number of carboxylic acid groups (broad SMARTS) is 2. The van der Waals surface area contributed by atoms with Gasteiger partial charge in [0.25, 0.3) is 0 Å². The van der Waals surface area contributed by atoms with Crippen LogP contribution in [0.15, 0.2) is 36.5 Å². The predicted molar refractivity (Wildman–Crippen MR) is 116 cm³/mol. The number of carbonyl (C=O) groups is 2. The summed E-state index contributed by atoms with van der Waals surface area (Å²) in [7, 11) is 0. The van der Waals surface area contributed by atoms with Gasteiger partial charge >= 0.3 is 11.9 Å². The normalized spacial score (nSPS) is 10.4. The number of aliphatic carboxylic acids is 2. The van der Waals surface area contributed by atoms with Crippen LogP contribution in [0.2, 0.25) is 0 Å². The number of pyridine rings is 1. The van der Waals surface area contributed by atoms with E-state index in [2.05, 4.69) is 59.4 Å². The standard InChI is InChI=1S/C20H31N3.C2H2O4/c1-3-23(4-2)17-11-7-5-6-10-15-21-20-19-13-9-8-12-18(19)14-16-22-20;3-1(4)2(5)6/h8-9,12-14,16H,3-7,10-11,15,17H2,1-2H3,(H,21,22);(H,3,4)(H,5,6). The van der Waals surface area contributed by atoms with Crippen LogP contribution in [0.3, 0.4) is 0 Å². The van der Waals surface area contributed by atoms with Gasteiger partial charge in [0.2, 0.25) is 0 Å². The quantitative estimate of drug-likeness (QED) is 0.383. The van der Waals surface area contributed by atoms with Crippen LogP contribution >= 0.6 is 0 Å². The minimum atomic E-state index is -1.82. The molecule has 0 amide bonds. The third kappa shape index (κ3) is 9.89. The van der Waals surface area contributed by atoms with Gasteiger partial charge < -0.3 is 20.4 Å². The third-order valence-electron chi connectivity index (χ3n) is 4.69. The molecule has 0 aliphatic carbocycles. The Morgan fingerprint density at radius 3 is 2.21 bits per heavy atom. The van der Waals surface area contributed by atoms with Crippen LogP contribution in [-0.2, 0) is 9.59 Å². The molecule has 7 heteroatoms. The molecule has 0 bridgehead atoms. The van der Waals surface area contributed by atoms with Crippen LogP contribution in [0.5, 0.6) is 0 Å². The molecule has 0 unspecified atom stereocenters. The number of unbranched alkanes of at least 4 members (excludes halogenated alkanes) is 4. The number of nitrogens with one attached hydrogen (secondary N) is 1. The summed E-state index contributed by atoms with van der Waals surface area (Å²) in [6.45, 7) is 9.12. The van der Waals surface area contributed by atoms with E-state index < -0.39 is 11.9 Å². The van der Waals surface area contributed by atoms with Gasteiger partial charge in [-0.15, -0.1) is 0 Å². The van der Waals surface area contributed by atoms with Crippen molar-refractivity contribution in [1.29, 1.82) is 0 Å². The molecule has 1 heterocycles. The van der Waals surface area contributed by atoms with E-state index in [9.17, 15) is 0 Å². The number of anilines is 1. The van der Waals surface area contributed by atoms with Gasteiger partial charge in [0, 0.05) is 18.1 Å². The Morgan fingerprint density at radius 2 is 1.55 bits per heavy atom. The molecule has 0 aliphatic rings. The van der Waals surface area contributed by atoms with E-state index in [-0.39, 0.29) is 0 Å². The Bertz CT molecular complexity index is 730. The van der Waals surface area contributed by atoms with E-state index >= 15 is 0 Å². The van der Waals surface area contributed by atoms with Gasteiger partial charge in [0.05, 0.1) is 0 Å². The van der Waals surface area contributed by atoms with Crippen molar-refractivity contribution in [3.8, 4) is 0 Å². The topological polar surface area (TPSA) is 103 Å². The van der Waals surface area contributed by atoms with E-state index in [1.807, 2.05) is 6.20 Å². The molecule has 2 rings (SSSR count). The van der Waals surface area contributed by atoms with Crippen molar-refractivity contribution < 1.29 is 19.8 Å². The van der Waals surface area contributed by atoms with E-state index in [1.165, 1.54) is 62.5 Å². The molecule has 160 valence electrons. The molecule has 7 nitrogen and oxygen atoms in total. The van der Waals surface area contributed by atoms with Gasteiger partial charge in [-0.1, -0.05) is 57.4 Å². The summed E-state index contributed by atoms with van der Waals surface area (Å²) in [5.74, 6) is -2.63. The van der Waals surface area contributed by atoms with Crippen molar-refractivity contribution in [2.24, 2.45) is 0 Å². The Morgan fingerprint density at radius 1 is 0.931 bits per heavy atom.